The molecule has 2 aromatic carbocycles. The van der Waals surface area contributed by atoms with Crippen LogP contribution in [0.2, 0.25) is 5.02 Å². The van der Waals surface area contributed by atoms with Crippen molar-refractivity contribution in [3.8, 4) is 11.5 Å². The topological polar surface area (TPSA) is 121 Å². The molecule has 0 saturated heterocycles. The van der Waals surface area contributed by atoms with E-state index in [4.69, 9.17) is 25.5 Å². The zero-order valence-electron chi connectivity index (χ0n) is 16.9. The van der Waals surface area contributed by atoms with Crippen LogP contribution in [-0.4, -0.2) is 47.0 Å². The minimum Gasteiger partial charge on any atom is -0.462 e. The van der Waals surface area contributed by atoms with Crippen LogP contribution in [0, 0.1) is 0 Å². The first-order valence-electron chi connectivity index (χ1n) is 9.40. The van der Waals surface area contributed by atoms with Crippen LogP contribution in [0.5, 0.6) is 0 Å². The Morgan fingerprint density at radius 2 is 1.81 bits per heavy atom. The predicted molar refractivity (Wildman–Crippen MR) is 117 cm³/mol. The zero-order valence-corrected chi connectivity index (χ0v) is 18.4. The quantitative estimate of drug-likeness (QED) is 0.363. The standard InChI is InChI=1S/C21H18ClN3O6S/c1-2-29-20(28)15-5-3-4-6-16(15)23-17(26)11-30-18(27)12-32-21-25-24-19(31-21)13-7-9-14(22)10-8-13/h3-10H,2,11-12H2,1H3,(H,23,26). The van der Waals surface area contributed by atoms with E-state index in [9.17, 15) is 14.4 Å². The third-order valence-electron chi connectivity index (χ3n) is 3.87. The van der Waals surface area contributed by atoms with Crippen molar-refractivity contribution in [3.05, 3.63) is 59.1 Å². The van der Waals surface area contributed by atoms with Gasteiger partial charge in [0.1, 0.15) is 5.75 Å². The number of halogens is 1. The van der Waals surface area contributed by atoms with Gasteiger partial charge in [0.15, 0.2) is 6.61 Å². The molecule has 0 saturated carbocycles. The van der Waals surface area contributed by atoms with E-state index < -0.39 is 24.5 Å². The van der Waals surface area contributed by atoms with Crippen molar-refractivity contribution in [2.45, 2.75) is 12.1 Å². The summed E-state index contributed by atoms with van der Waals surface area (Å²) in [4.78, 5) is 36.0. The van der Waals surface area contributed by atoms with E-state index in [1.807, 2.05) is 0 Å². The van der Waals surface area contributed by atoms with Crippen molar-refractivity contribution < 1.29 is 28.3 Å². The van der Waals surface area contributed by atoms with E-state index >= 15 is 0 Å². The maximum atomic E-state index is 12.1. The average molecular weight is 476 g/mol. The summed E-state index contributed by atoms with van der Waals surface area (Å²) < 4.78 is 15.4. The Balaban J connectivity index is 1.46. The molecule has 1 N–H and O–H groups in total. The van der Waals surface area contributed by atoms with Gasteiger partial charge in [-0.3, -0.25) is 9.59 Å². The Hall–Kier alpha value is -3.37. The van der Waals surface area contributed by atoms with Gasteiger partial charge in [-0.2, -0.15) is 0 Å². The third-order valence-corrected chi connectivity index (χ3v) is 4.92. The number of aromatic nitrogens is 2. The number of hydrogen-bond donors (Lipinski definition) is 1. The van der Waals surface area contributed by atoms with Crippen LogP contribution in [0.4, 0.5) is 5.69 Å². The fraction of sp³-hybridized carbons (Fsp3) is 0.190. The van der Waals surface area contributed by atoms with Gasteiger partial charge in [0.05, 0.1) is 17.9 Å². The highest BCUT2D eigenvalue weighted by molar-refractivity contribution is 7.99. The molecule has 9 nitrogen and oxygen atoms in total. The molecule has 0 bridgehead atoms. The largest absolute Gasteiger partial charge is 0.462 e. The Morgan fingerprint density at radius 1 is 1.06 bits per heavy atom. The van der Waals surface area contributed by atoms with Gasteiger partial charge in [-0.15, -0.1) is 10.2 Å². The van der Waals surface area contributed by atoms with E-state index in [1.165, 1.54) is 6.07 Å². The first-order valence-corrected chi connectivity index (χ1v) is 10.8. The second-order valence-corrected chi connectivity index (χ2v) is 7.51. The van der Waals surface area contributed by atoms with Gasteiger partial charge in [-0.1, -0.05) is 35.5 Å². The van der Waals surface area contributed by atoms with Crippen molar-refractivity contribution in [2.75, 3.05) is 24.3 Å². The minimum atomic E-state index is -0.643. The number of nitrogens with zero attached hydrogens (tertiary/aromatic N) is 2. The number of esters is 2. The number of amides is 1. The number of nitrogens with one attached hydrogen (secondary N) is 1. The molecule has 1 aromatic heterocycles. The Morgan fingerprint density at radius 3 is 2.56 bits per heavy atom. The molecule has 11 heteroatoms. The van der Waals surface area contributed by atoms with Gasteiger partial charge in [0, 0.05) is 10.6 Å². The highest BCUT2D eigenvalue weighted by Crippen LogP contribution is 2.24. The van der Waals surface area contributed by atoms with Crippen LogP contribution in [0.25, 0.3) is 11.5 Å². The molecule has 0 spiro atoms. The van der Waals surface area contributed by atoms with E-state index in [-0.39, 0.29) is 34.7 Å². The van der Waals surface area contributed by atoms with Crippen molar-refractivity contribution in [1.82, 2.24) is 10.2 Å². The lowest BCUT2D eigenvalue weighted by molar-refractivity contribution is -0.144. The molecular weight excluding hydrogens is 458 g/mol. The maximum absolute atomic E-state index is 12.1. The van der Waals surface area contributed by atoms with Crippen molar-refractivity contribution in [3.63, 3.8) is 0 Å². The summed E-state index contributed by atoms with van der Waals surface area (Å²) in [5.74, 6) is -1.64. The molecule has 3 rings (SSSR count). The second kappa shape index (κ2) is 11.3. The Labute approximate surface area is 192 Å². The number of ether oxygens (including phenoxy) is 2. The van der Waals surface area contributed by atoms with Crippen LogP contribution < -0.4 is 5.32 Å². The highest BCUT2D eigenvalue weighted by Gasteiger charge is 2.16. The lowest BCUT2D eigenvalue weighted by atomic mass is 10.2. The van der Waals surface area contributed by atoms with Crippen molar-refractivity contribution in [1.29, 1.82) is 0 Å². The summed E-state index contributed by atoms with van der Waals surface area (Å²) in [6.45, 7) is 1.37. The number of para-hydroxylation sites is 1. The lowest BCUT2D eigenvalue weighted by Gasteiger charge is -2.10. The maximum Gasteiger partial charge on any atom is 0.340 e. The van der Waals surface area contributed by atoms with Crippen LogP contribution in [0.1, 0.15) is 17.3 Å². The first-order chi connectivity index (χ1) is 15.5. The first kappa shape index (κ1) is 23.3. The smallest absolute Gasteiger partial charge is 0.340 e. The summed E-state index contributed by atoms with van der Waals surface area (Å²) in [6, 6.07) is 13.2. The fourth-order valence-corrected chi connectivity index (χ4v) is 3.14. The number of rotatable bonds is 9. The number of hydrogen-bond acceptors (Lipinski definition) is 9. The molecule has 166 valence electrons. The fourth-order valence-electron chi connectivity index (χ4n) is 2.45. The summed E-state index contributed by atoms with van der Waals surface area (Å²) in [6.07, 6.45) is 0. The minimum absolute atomic E-state index is 0.130. The van der Waals surface area contributed by atoms with E-state index in [1.54, 1.807) is 49.4 Å². The van der Waals surface area contributed by atoms with E-state index in [2.05, 4.69) is 15.5 Å². The molecular formula is C21H18ClN3O6S. The van der Waals surface area contributed by atoms with E-state index in [0.29, 0.717) is 10.6 Å². The van der Waals surface area contributed by atoms with Gasteiger partial charge in [-0.25, -0.2) is 4.79 Å². The molecule has 0 aliphatic heterocycles. The molecule has 3 aromatic rings. The number of carbonyl (C=O) groups excluding carboxylic acids is 3. The van der Waals surface area contributed by atoms with Crippen LogP contribution >= 0.6 is 23.4 Å². The van der Waals surface area contributed by atoms with Crippen LogP contribution in [0.15, 0.2) is 58.2 Å². The van der Waals surface area contributed by atoms with Gasteiger partial charge in [0.2, 0.25) is 5.89 Å². The van der Waals surface area contributed by atoms with Crippen molar-refractivity contribution >= 4 is 46.9 Å². The number of benzene rings is 2. The molecule has 0 aliphatic rings. The number of anilines is 1. The van der Waals surface area contributed by atoms with Gasteiger partial charge < -0.3 is 19.2 Å². The molecule has 0 fully saturated rings. The van der Waals surface area contributed by atoms with Gasteiger partial charge in [0.25, 0.3) is 11.1 Å². The average Bonchev–Trinajstić information content (AvgIpc) is 3.26. The van der Waals surface area contributed by atoms with Crippen LogP contribution in [-0.2, 0) is 19.1 Å². The lowest BCUT2D eigenvalue weighted by Crippen LogP contribution is -2.23. The summed E-state index contributed by atoms with van der Waals surface area (Å²) in [5.41, 5.74) is 1.16. The number of thioether (sulfide) groups is 1. The summed E-state index contributed by atoms with van der Waals surface area (Å²) in [5, 5.41) is 11.1. The monoisotopic (exact) mass is 475 g/mol. The summed E-state index contributed by atoms with van der Waals surface area (Å²) >= 11 is 6.83. The molecule has 0 radical (unpaired) electrons. The number of carbonyl (C=O) groups is 3. The molecule has 1 heterocycles. The second-order valence-electron chi connectivity index (χ2n) is 6.14. The molecule has 0 aliphatic carbocycles. The normalized spacial score (nSPS) is 10.4. The van der Waals surface area contributed by atoms with E-state index in [0.717, 1.165) is 11.8 Å². The third kappa shape index (κ3) is 6.56. The molecule has 32 heavy (non-hydrogen) atoms. The zero-order chi connectivity index (χ0) is 22.9. The molecule has 1 amide bonds. The van der Waals surface area contributed by atoms with Gasteiger partial charge in [-0.05, 0) is 43.3 Å². The Kier molecular flexibility index (Phi) is 8.23. The highest BCUT2D eigenvalue weighted by atomic mass is 35.5. The molecule has 0 atom stereocenters. The Bertz CT molecular complexity index is 1100. The van der Waals surface area contributed by atoms with Crippen molar-refractivity contribution in [2.24, 2.45) is 0 Å². The van der Waals surface area contributed by atoms with Gasteiger partial charge >= 0.3 is 11.9 Å². The summed E-state index contributed by atoms with van der Waals surface area (Å²) in [7, 11) is 0. The molecule has 0 unspecified atom stereocenters. The SMILES string of the molecule is CCOC(=O)c1ccccc1NC(=O)COC(=O)CSc1nnc(-c2ccc(Cl)cc2)o1. The predicted octanol–water partition coefficient (Wildman–Crippen LogP) is 3.84. The van der Waals surface area contributed by atoms with Crippen LogP contribution in [0.3, 0.4) is 0 Å².